The van der Waals surface area contributed by atoms with Gasteiger partial charge in [-0.05, 0) is 56.7 Å². The number of aryl methyl sites for hydroxylation is 2. The molecule has 0 heterocycles. The Bertz CT molecular complexity index is 666. The Labute approximate surface area is 130 Å². The molecular weight excluding hydrogens is 310 g/mol. The predicted octanol–water partition coefficient (Wildman–Crippen LogP) is 3.10. The van der Waals surface area contributed by atoms with E-state index in [2.05, 4.69) is 0 Å². The van der Waals surface area contributed by atoms with Crippen LogP contribution in [0.25, 0.3) is 0 Å². The van der Waals surface area contributed by atoms with Crippen LogP contribution >= 0.6 is 10.7 Å². The second kappa shape index (κ2) is 5.97. The standard InChI is InChI=1S/C15H20ClNO3S/c1-4-17(9-12-5-6-12)15(18)13-8-14(21(16,19)20)11(3)7-10(13)2/h7-8,12H,4-6,9H2,1-3H3. The van der Waals surface area contributed by atoms with Gasteiger partial charge in [-0.25, -0.2) is 8.42 Å². The average Bonchev–Trinajstić information content (AvgIpc) is 3.17. The van der Waals surface area contributed by atoms with Crippen molar-refractivity contribution >= 4 is 25.6 Å². The first kappa shape index (κ1) is 16.3. The van der Waals surface area contributed by atoms with Gasteiger partial charge in [0, 0.05) is 29.3 Å². The van der Waals surface area contributed by atoms with Crippen molar-refractivity contribution in [3.05, 3.63) is 28.8 Å². The quantitative estimate of drug-likeness (QED) is 0.780. The van der Waals surface area contributed by atoms with E-state index in [0.29, 0.717) is 23.6 Å². The van der Waals surface area contributed by atoms with Gasteiger partial charge in [0.2, 0.25) is 0 Å². The number of hydrogen-bond acceptors (Lipinski definition) is 3. The maximum absolute atomic E-state index is 12.6. The summed E-state index contributed by atoms with van der Waals surface area (Å²) in [6, 6.07) is 3.11. The van der Waals surface area contributed by atoms with E-state index in [1.54, 1.807) is 17.9 Å². The molecule has 4 nitrogen and oxygen atoms in total. The number of carbonyl (C=O) groups is 1. The fraction of sp³-hybridized carbons (Fsp3) is 0.533. The van der Waals surface area contributed by atoms with Crippen molar-refractivity contribution in [3.8, 4) is 0 Å². The normalized spacial score (nSPS) is 15.0. The molecule has 2 rings (SSSR count). The van der Waals surface area contributed by atoms with Crippen molar-refractivity contribution in [2.45, 2.75) is 38.5 Å². The molecule has 1 aliphatic rings. The van der Waals surface area contributed by atoms with E-state index in [9.17, 15) is 13.2 Å². The topological polar surface area (TPSA) is 54.5 Å². The highest BCUT2D eigenvalue weighted by atomic mass is 35.7. The van der Waals surface area contributed by atoms with E-state index >= 15 is 0 Å². The fourth-order valence-corrected chi connectivity index (χ4v) is 3.66. The Hall–Kier alpha value is -1.07. The monoisotopic (exact) mass is 329 g/mol. The maximum Gasteiger partial charge on any atom is 0.261 e. The van der Waals surface area contributed by atoms with Crippen LogP contribution < -0.4 is 0 Å². The molecule has 1 saturated carbocycles. The Kier molecular flexibility index (Phi) is 4.63. The fourth-order valence-electron chi connectivity index (χ4n) is 2.46. The molecule has 0 unspecified atom stereocenters. The zero-order chi connectivity index (χ0) is 15.8. The second-order valence-corrected chi connectivity index (χ2v) is 8.19. The summed E-state index contributed by atoms with van der Waals surface area (Å²) in [5.41, 5.74) is 1.75. The smallest absolute Gasteiger partial charge is 0.261 e. The molecule has 1 aromatic rings. The summed E-state index contributed by atoms with van der Waals surface area (Å²) in [7, 11) is 1.60. The summed E-state index contributed by atoms with van der Waals surface area (Å²) < 4.78 is 23.2. The third-order valence-corrected chi connectivity index (χ3v) is 5.32. The van der Waals surface area contributed by atoms with E-state index in [-0.39, 0.29) is 10.8 Å². The summed E-state index contributed by atoms with van der Waals surface area (Å²) in [5.74, 6) is 0.472. The van der Waals surface area contributed by atoms with Gasteiger partial charge >= 0.3 is 0 Å². The molecule has 0 spiro atoms. The van der Waals surface area contributed by atoms with Crippen molar-refractivity contribution in [2.24, 2.45) is 5.92 Å². The van der Waals surface area contributed by atoms with E-state index in [1.165, 1.54) is 6.07 Å². The molecule has 21 heavy (non-hydrogen) atoms. The predicted molar refractivity (Wildman–Crippen MR) is 83.3 cm³/mol. The first-order chi connectivity index (χ1) is 9.74. The largest absolute Gasteiger partial charge is 0.339 e. The van der Waals surface area contributed by atoms with Gasteiger partial charge in [0.15, 0.2) is 0 Å². The molecule has 6 heteroatoms. The number of carbonyl (C=O) groups excluding carboxylic acids is 1. The maximum atomic E-state index is 12.6. The van der Waals surface area contributed by atoms with E-state index in [4.69, 9.17) is 10.7 Å². The average molecular weight is 330 g/mol. The minimum atomic E-state index is -3.85. The van der Waals surface area contributed by atoms with Crippen LogP contribution in [0.2, 0.25) is 0 Å². The van der Waals surface area contributed by atoms with Gasteiger partial charge in [-0.2, -0.15) is 0 Å². The van der Waals surface area contributed by atoms with Crippen LogP contribution in [0.15, 0.2) is 17.0 Å². The Balaban J connectivity index is 2.39. The molecule has 1 amide bonds. The van der Waals surface area contributed by atoms with Crippen molar-refractivity contribution in [2.75, 3.05) is 13.1 Å². The molecule has 1 aromatic carbocycles. The van der Waals surface area contributed by atoms with E-state index < -0.39 is 9.05 Å². The van der Waals surface area contributed by atoms with Gasteiger partial charge in [-0.3, -0.25) is 4.79 Å². The van der Waals surface area contributed by atoms with Gasteiger partial charge in [-0.15, -0.1) is 0 Å². The van der Waals surface area contributed by atoms with Crippen molar-refractivity contribution in [1.29, 1.82) is 0 Å². The Morgan fingerprint density at radius 3 is 2.38 bits per heavy atom. The lowest BCUT2D eigenvalue weighted by Crippen LogP contribution is -2.33. The number of amides is 1. The Morgan fingerprint density at radius 1 is 1.29 bits per heavy atom. The third kappa shape index (κ3) is 3.77. The summed E-state index contributed by atoms with van der Waals surface area (Å²) in [6.45, 7) is 6.79. The SMILES string of the molecule is CCN(CC1CC1)C(=O)c1cc(S(=O)(=O)Cl)c(C)cc1C. The van der Waals surface area contributed by atoms with Gasteiger partial charge in [-0.1, -0.05) is 6.07 Å². The highest BCUT2D eigenvalue weighted by molar-refractivity contribution is 8.13. The number of nitrogens with zero attached hydrogens (tertiary/aromatic N) is 1. The minimum Gasteiger partial charge on any atom is -0.339 e. The van der Waals surface area contributed by atoms with Crippen LogP contribution in [-0.2, 0) is 9.05 Å². The van der Waals surface area contributed by atoms with Crippen LogP contribution in [0, 0.1) is 19.8 Å². The zero-order valence-electron chi connectivity index (χ0n) is 12.5. The van der Waals surface area contributed by atoms with Crippen LogP contribution in [0.4, 0.5) is 0 Å². The molecule has 0 N–H and O–H groups in total. The van der Waals surface area contributed by atoms with E-state index in [0.717, 1.165) is 24.9 Å². The highest BCUT2D eigenvalue weighted by Gasteiger charge is 2.28. The number of halogens is 1. The second-order valence-electron chi connectivity index (χ2n) is 5.66. The lowest BCUT2D eigenvalue weighted by molar-refractivity contribution is 0.0756. The molecule has 0 aromatic heterocycles. The molecule has 0 atom stereocenters. The molecule has 0 bridgehead atoms. The van der Waals surface area contributed by atoms with Crippen LogP contribution in [-0.4, -0.2) is 32.3 Å². The first-order valence-electron chi connectivity index (χ1n) is 7.09. The first-order valence-corrected chi connectivity index (χ1v) is 9.40. The van der Waals surface area contributed by atoms with Crippen molar-refractivity contribution in [3.63, 3.8) is 0 Å². The van der Waals surface area contributed by atoms with Gasteiger partial charge < -0.3 is 4.90 Å². The van der Waals surface area contributed by atoms with Gasteiger partial charge in [0.1, 0.15) is 0 Å². The molecule has 116 valence electrons. The minimum absolute atomic E-state index is 0.0144. The Morgan fingerprint density at radius 2 is 1.90 bits per heavy atom. The van der Waals surface area contributed by atoms with Crippen LogP contribution in [0.3, 0.4) is 0 Å². The molecule has 0 radical (unpaired) electrons. The lowest BCUT2D eigenvalue weighted by Gasteiger charge is -2.22. The summed E-state index contributed by atoms with van der Waals surface area (Å²) in [5, 5.41) is 0. The number of rotatable bonds is 5. The van der Waals surface area contributed by atoms with Gasteiger partial charge in [0.25, 0.3) is 15.0 Å². The molecule has 0 aliphatic heterocycles. The molecule has 0 saturated heterocycles. The van der Waals surface area contributed by atoms with Crippen LogP contribution in [0.1, 0.15) is 41.3 Å². The molecule has 1 aliphatic carbocycles. The molecular formula is C15H20ClNO3S. The summed E-state index contributed by atoms with van der Waals surface area (Å²) in [4.78, 5) is 14.4. The van der Waals surface area contributed by atoms with Crippen LogP contribution in [0.5, 0.6) is 0 Å². The summed E-state index contributed by atoms with van der Waals surface area (Å²) >= 11 is 0. The highest BCUT2D eigenvalue weighted by Crippen LogP contribution is 2.31. The number of benzene rings is 1. The van der Waals surface area contributed by atoms with E-state index in [1.807, 2.05) is 13.8 Å². The lowest BCUT2D eigenvalue weighted by atomic mass is 10.0. The zero-order valence-corrected chi connectivity index (χ0v) is 14.1. The summed E-state index contributed by atoms with van der Waals surface area (Å²) in [6.07, 6.45) is 2.33. The number of hydrogen-bond donors (Lipinski definition) is 0. The van der Waals surface area contributed by atoms with Gasteiger partial charge in [0.05, 0.1) is 4.90 Å². The van der Waals surface area contributed by atoms with Crippen molar-refractivity contribution < 1.29 is 13.2 Å². The third-order valence-electron chi connectivity index (χ3n) is 3.86. The molecule has 1 fully saturated rings. The van der Waals surface area contributed by atoms with Crippen molar-refractivity contribution in [1.82, 2.24) is 4.90 Å².